The van der Waals surface area contributed by atoms with Gasteiger partial charge in [0.25, 0.3) is 0 Å². The van der Waals surface area contributed by atoms with Gasteiger partial charge in [0.1, 0.15) is 11.5 Å². The third-order valence-corrected chi connectivity index (χ3v) is 6.69. The van der Waals surface area contributed by atoms with Crippen LogP contribution in [0.2, 0.25) is 0 Å². The predicted molar refractivity (Wildman–Crippen MR) is 86.3 cm³/mol. The van der Waals surface area contributed by atoms with Gasteiger partial charge in [-0.2, -0.15) is 4.31 Å². The van der Waals surface area contributed by atoms with E-state index >= 15 is 0 Å². The molecule has 3 heterocycles. The molecule has 122 valence electrons. The minimum absolute atomic E-state index is 0.305. The lowest BCUT2D eigenvalue weighted by molar-refractivity contribution is 0.0369. The summed E-state index contributed by atoms with van der Waals surface area (Å²) in [7, 11) is -3.37. The van der Waals surface area contributed by atoms with E-state index in [4.69, 9.17) is 4.42 Å². The minimum Gasteiger partial charge on any atom is -0.465 e. The number of likely N-dealkylation sites (tertiary alicyclic amines) is 1. The van der Waals surface area contributed by atoms with Crippen molar-refractivity contribution in [3.63, 3.8) is 0 Å². The zero-order valence-electron chi connectivity index (χ0n) is 13.1. The van der Waals surface area contributed by atoms with Gasteiger partial charge < -0.3 is 4.42 Å². The first-order chi connectivity index (χ1) is 11.0. The Morgan fingerprint density at radius 1 is 1.09 bits per heavy atom. The highest BCUT2D eigenvalue weighted by molar-refractivity contribution is 7.89. The van der Waals surface area contributed by atoms with Gasteiger partial charge in [0.15, 0.2) is 0 Å². The van der Waals surface area contributed by atoms with Crippen LogP contribution >= 0.6 is 0 Å². The fourth-order valence-electron chi connectivity index (χ4n) is 3.60. The number of nitrogens with zero attached hydrogens (tertiary/aromatic N) is 2. The molecular formula is C17H20N2O3S. The van der Waals surface area contributed by atoms with Gasteiger partial charge >= 0.3 is 0 Å². The van der Waals surface area contributed by atoms with E-state index in [0.717, 1.165) is 24.6 Å². The van der Waals surface area contributed by atoms with E-state index in [1.165, 1.54) is 0 Å². The van der Waals surface area contributed by atoms with Crippen LogP contribution in [0.1, 0.15) is 11.5 Å². The summed E-state index contributed by atoms with van der Waals surface area (Å²) in [6.45, 7) is 4.82. The zero-order valence-corrected chi connectivity index (χ0v) is 13.9. The molecule has 2 atom stereocenters. The maximum atomic E-state index is 12.7. The monoisotopic (exact) mass is 332 g/mol. The average molecular weight is 332 g/mol. The molecule has 0 unspecified atom stereocenters. The Morgan fingerprint density at radius 3 is 2.57 bits per heavy atom. The Labute approximate surface area is 136 Å². The van der Waals surface area contributed by atoms with Gasteiger partial charge in [-0.25, -0.2) is 8.42 Å². The fraction of sp³-hybridized carbons (Fsp3) is 0.412. The Morgan fingerprint density at radius 2 is 1.87 bits per heavy atom. The first-order valence-corrected chi connectivity index (χ1v) is 9.32. The Hall–Kier alpha value is -1.63. The molecule has 2 aromatic rings. The average Bonchev–Trinajstić information content (AvgIpc) is 3.09. The van der Waals surface area contributed by atoms with Crippen molar-refractivity contribution in [3.8, 4) is 0 Å². The predicted octanol–water partition coefficient (Wildman–Crippen LogP) is 2.09. The maximum Gasteiger partial charge on any atom is 0.243 e. The summed E-state index contributed by atoms with van der Waals surface area (Å²) in [6.07, 6.45) is 0. The third kappa shape index (κ3) is 2.60. The van der Waals surface area contributed by atoms with Gasteiger partial charge in [-0.3, -0.25) is 4.90 Å². The quantitative estimate of drug-likeness (QED) is 0.860. The summed E-state index contributed by atoms with van der Waals surface area (Å²) in [5, 5.41) is 0. The number of fused-ring (bicyclic) bond motifs is 1. The van der Waals surface area contributed by atoms with E-state index < -0.39 is 10.0 Å². The molecule has 0 N–H and O–H groups in total. The smallest absolute Gasteiger partial charge is 0.243 e. The van der Waals surface area contributed by atoms with Crippen LogP contribution in [0, 0.1) is 12.8 Å². The van der Waals surface area contributed by atoms with Gasteiger partial charge in [-0.1, -0.05) is 18.2 Å². The molecule has 2 saturated heterocycles. The van der Waals surface area contributed by atoms with E-state index in [0.29, 0.717) is 29.9 Å². The van der Waals surface area contributed by atoms with Gasteiger partial charge in [-0.05, 0) is 31.2 Å². The van der Waals surface area contributed by atoms with Crippen molar-refractivity contribution in [1.29, 1.82) is 0 Å². The summed E-state index contributed by atoms with van der Waals surface area (Å²) in [4.78, 5) is 2.69. The second-order valence-electron chi connectivity index (χ2n) is 6.40. The lowest BCUT2D eigenvalue weighted by atomic mass is 9.92. The molecule has 0 bridgehead atoms. The van der Waals surface area contributed by atoms with Crippen LogP contribution < -0.4 is 0 Å². The van der Waals surface area contributed by atoms with Crippen LogP contribution in [-0.2, 0) is 16.6 Å². The molecule has 4 rings (SSSR count). The molecule has 0 spiro atoms. The minimum atomic E-state index is -3.37. The van der Waals surface area contributed by atoms with E-state index in [-0.39, 0.29) is 0 Å². The van der Waals surface area contributed by atoms with Crippen LogP contribution in [0.25, 0.3) is 0 Å². The molecule has 2 aliphatic heterocycles. The highest BCUT2D eigenvalue weighted by atomic mass is 32.2. The lowest BCUT2D eigenvalue weighted by Crippen LogP contribution is -2.54. The molecule has 2 fully saturated rings. The van der Waals surface area contributed by atoms with Gasteiger partial charge in [0, 0.05) is 31.6 Å². The van der Waals surface area contributed by atoms with Crippen LogP contribution in [0.3, 0.4) is 0 Å². The largest absolute Gasteiger partial charge is 0.465 e. The first-order valence-electron chi connectivity index (χ1n) is 7.88. The molecule has 1 aromatic carbocycles. The number of aryl methyl sites for hydroxylation is 1. The summed E-state index contributed by atoms with van der Waals surface area (Å²) in [5.74, 6) is 2.30. The van der Waals surface area contributed by atoms with Crippen molar-refractivity contribution in [1.82, 2.24) is 9.21 Å². The molecule has 0 amide bonds. The topological polar surface area (TPSA) is 53.8 Å². The number of rotatable bonds is 4. The lowest BCUT2D eigenvalue weighted by Gasteiger charge is -2.43. The zero-order chi connectivity index (χ0) is 16.0. The summed E-state index contributed by atoms with van der Waals surface area (Å²) < 4.78 is 32.7. The molecule has 5 nitrogen and oxygen atoms in total. The molecule has 23 heavy (non-hydrogen) atoms. The van der Waals surface area contributed by atoms with E-state index in [2.05, 4.69) is 4.90 Å². The van der Waals surface area contributed by atoms with Crippen LogP contribution in [0.4, 0.5) is 0 Å². The second kappa shape index (κ2) is 5.47. The second-order valence-corrected chi connectivity index (χ2v) is 8.34. The van der Waals surface area contributed by atoms with Gasteiger partial charge in [0.2, 0.25) is 10.0 Å². The third-order valence-electron chi connectivity index (χ3n) is 4.85. The highest BCUT2D eigenvalue weighted by Crippen LogP contribution is 2.36. The number of sulfonamides is 1. The molecule has 0 radical (unpaired) electrons. The summed E-state index contributed by atoms with van der Waals surface area (Å²) in [5.41, 5.74) is 0. The Balaban J connectivity index is 1.46. The van der Waals surface area contributed by atoms with Crippen molar-refractivity contribution < 1.29 is 12.8 Å². The van der Waals surface area contributed by atoms with Crippen LogP contribution in [0.5, 0.6) is 0 Å². The van der Waals surface area contributed by atoms with E-state index in [9.17, 15) is 8.42 Å². The first kappa shape index (κ1) is 14.9. The fourth-order valence-corrected chi connectivity index (χ4v) is 5.13. The van der Waals surface area contributed by atoms with Crippen molar-refractivity contribution in [2.75, 3.05) is 19.6 Å². The molecule has 0 saturated carbocycles. The molecule has 6 heteroatoms. The normalized spacial score (nSPS) is 25.3. The number of furan rings is 1. The summed E-state index contributed by atoms with van der Waals surface area (Å²) in [6, 6.07) is 13.0. The SMILES string of the molecule is Cc1ccc(CN2C[C@@H]3CN(S(=O)(=O)c4ccccc4)C[C@H]32)o1. The summed E-state index contributed by atoms with van der Waals surface area (Å²) >= 11 is 0. The Kier molecular flexibility index (Phi) is 3.55. The van der Waals surface area contributed by atoms with E-state index in [1.807, 2.05) is 25.1 Å². The molecule has 1 aromatic heterocycles. The molecule has 2 aliphatic rings. The van der Waals surface area contributed by atoms with Crippen molar-refractivity contribution in [2.45, 2.75) is 24.4 Å². The van der Waals surface area contributed by atoms with Crippen molar-refractivity contribution in [3.05, 3.63) is 54.0 Å². The van der Waals surface area contributed by atoms with E-state index in [1.54, 1.807) is 28.6 Å². The molecular weight excluding hydrogens is 312 g/mol. The van der Waals surface area contributed by atoms with Crippen LogP contribution in [0.15, 0.2) is 51.8 Å². The van der Waals surface area contributed by atoms with Crippen molar-refractivity contribution in [2.24, 2.45) is 5.92 Å². The molecule has 0 aliphatic carbocycles. The number of benzene rings is 1. The number of hydrogen-bond acceptors (Lipinski definition) is 4. The standard InChI is InChI=1S/C17H20N2O3S/c1-13-7-8-15(22-13)11-18-9-14-10-19(12-17(14)18)23(20,21)16-5-3-2-4-6-16/h2-8,14,17H,9-12H2,1H3/t14-,17-/m1/s1. The highest BCUT2D eigenvalue weighted by Gasteiger charge is 2.48. The van der Waals surface area contributed by atoms with Crippen LogP contribution in [-0.4, -0.2) is 43.3 Å². The van der Waals surface area contributed by atoms with Crippen molar-refractivity contribution >= 4 is 10.0 Å². The maximum absolute atomic E-state index is 12.7. The van der Waals surface area contributed by atoms with Gasteiger partial charge in [0.05, 0.1) is 11.4 Å². The Bertz CT molecular complexity index is 800. The number of hydrogen-bond donors (Lipinski definition) is 0. The van der Waals surface area contributed by atoms with Gasteiger partial charge in [-0.15, -0.1) is 0 Å².